The average Bonchev–Trinajstić information content (AvgIpc) is 3.28. The predicted octanol–water partition coefficient (Wildman–Crippen LogP) is 13.8. The molecule has 0 amide bonds. The van der Waals surface area contributed by atoms with E-state index in [-0.39, 0.29) is 0 Å². The molecular weight excluding hydrogens is 749 g/mol. The Balaban J connectivity index is 1.17. The summed E-state index contributed by atoms with van der Waals surface area (Å²) in [5.41, 5.74) is 16.2. The Morgan fingerprint density at radius 3 is 1.98 bits per heavy atom. The van der Waals surface area contributed by atoms with Crippen LogP contribution in [-0.2, 0) is 0 Å². The van der Waals surface area contributed by atoms with Gasteiger partial charge in [0, 0.05) is 51.1 Å². The molecule has 2 heterocycles. The zero-order valence-electron chi connectivity index (χ0n) is 33.4. The molecule has 286 valence electrons. The van der Waals surface area contributed by atoms with Crippen LogP contribution < -0.4 is 30.8 Å². The van der Waals surface area contributed by atoms with E-state index in [9.17, 15) is 0 Å². The molecule has 9 aromatic rings. The van der Waals surface area contributed by atoms with Gasteiger partial charge in [-0.1, -0.05) is 126 Å². The number of anilines is 8. The van der Waals surface area contributed by atoms with Crippen LogP contribution in [0.5, 0.6) is 11.5 Å². The molecule has 6 heteroatoms. The molecule has 4 nitrogen and oxygen atoms in total. The smallest absolute Gasteiger partial charge is 0.198 e. The molecule has 60 heavy (non-hydrogen) atoms. The largest absolute Gasteiger partial charge is 0.455 e. The van der Waals surface area contributed by atoms with Gasteiger partial charge in [-0.3, -0.25) is 0 Å². The summed E-state index contributed by atoms with van der Waals surface area (Å²) in [6.07, 6.45) is 0. The van der Waals surface area contributed by atoms with E-state index in [0.717, 1.165) is 68.3 Å². The highest BCUT2D eigenvalue weighted by atomic mass is 32.2. The number of fused-ring (bicyclic) bond motifs is 5. The fourth-order valence-corrected chi connectivity index (χ4v) is 9.84. The molecule has 2 aliphatic heterocycles. The number of nitrogens with zero attached hydrogens (tertiary/aromatic N) is 2. The summed E-state index contributed by atoms with van der Waals surface area (Å²) >= 11 is 1.76. The first-order valence-electron chi connectivity index (χ1n) is 20.5. The highest BCUT2D eigenvalue weighted by Gasteiger charge is 2.32. The molecule has 0 bridgehead atoms. The standard InChI is InChI=1S/C54H40BN3OS/c1-35-17-9-13-25-44(35)56-45-34-52-50(59-49-27-15-16-28-51(49)60-52)33-42(45)53-41-24-12-11-19-37(41)31-48-54(53)55-43-32-40(29-30-47(43)58(48)46-26-14-10-18-36(46)2)57(38-20-5-3-6-21-38)39-22-7-4-8-23-39/h3-34,55-56H,1-2H3. The van der Waals surface area contributed by atoms with Gasteiger partial charge in [0.2, 0.25) is 0 Å². The van der Waals surface area contributed by atoms with Crippen molar-refractivity contribution in [3.8, 4) is 22.6 Å². The van der Waals surface area contributed by atoms with E-state index >= 15 is 0 Å². The molecule has 9 aromatic carbocycles. The number of ether oxygens (including phenoxy) is 1. The van der Waals surface area contributed by atoms with Crippen LogP contribution in [0.25, 0.3) is 21.9 Å². The van der Waals surface area contributed by atoms with Crippen molar-refractivity contribution in [2.24, 2.45) is 0 Å². The fraction of sp³-hybridized carbons (Fsp3) is 0.0370. The van der Waals surface area contributed by atoms with Gasteiger partial charge in [0.25, 0.3) is 0 Å². The van der Waals surface area contributed by atoms with Crippen LogP contribution in [0.2, 0.25) is 0 Å². The van der Waals surface area contributed by atoms with Gasteiger partial charge in [-0.2, -0.15) is 0 Å². The number of hydrogen-bond acceptors (Lipinski definition) is 5. The van der Waals surface area contributed by atoms with E-state index in [1.165, 1.54) is 49.8 Å². The maximum atomic E-state index is 6.75. The van der Waals surface area contributed by atoms with Crippen molar-refractivity contribution in [2.45, 2.75) is 23.6 Å². The van der Waals surface area contributed by atoms with Crippen molar-refractivity contribution < 1.29 is 4.74 Å². The number of benzene rings is 9. The molecule has 0 saturated carbocycles. The molecule has 0 atom stereocenters. The average molecular weight is 790 g/mol. The Morgan fingerprint density at radius 2 is 1.20 bits per heavy atom. The molecule has 0 aromatic heterocycles. The van der Waals surface area contributed by atoms with E-state index < -0.39 is 0 Å². The van der Waals surface area contributed by atoms with Gasteiger partial charge < -0.3 is 19.9 Å². The lowest BCUT2D eigenvalue weighted by Gasteiger charge is -2.37. The molecule has 11 rings (SSSR count). The zero-order chi connectivity index (χ0) is 40.2. The van der Waals surface area contributed by atoms with E-state index in [1.807, 2.05) is 6.07 Å². The third-order valence-corrected chi connectivity index (χ3v) is 12.8. The number of aryl methyl sites for hydroxylation is 2. The second kappa shape index (κ2) is 14.9. The van der Waals surface area contributed by atoms with Crippen molar-refractivity contribution in [1.29, 1.82) is 0 Å². The van der Waals surface area contributed by atoms with Crippen LogP contribution in [0.1, 0.15) is 11.1 Å². The normalized spacial score (nSPS) is 12.3. The first kappa shape index (κ1) is 36.0. The Bertz CT molecular complexity index is 3060. The Morgan fingerprint density at radius 1 is 0.517 bits per heavy atom. The van der Waals surface area contributed by atoms with E-state index in [0.29, 0.717) is 0 Å². The van der Waals surface area contributed by atoms with Crippen molar-refractivity contribution in [3.05, 3.63) is 205 Å². The van der Waals surface area contributed by atoms with Crippen molar-refractivity contribution in [2.75, 3.05) is 15.1 Å². The van der Waals surface area contributed by atoms with Crippen LogP contribution >= 0.6 is 11.8 Å². The van der Waals surface area contributed by atoms with Gasteiger partial charge >= 0.3 is 0 Å². The van der Waals surface area contributed by atoms with E-state index in [4.69, 9.17) is 4.74 Å². The highest BCUT2D eigenvalue weighted by molar-refractivity contribution is 7.99. The third-order valence-electron chi connectivity index (χ3n) is 11.7. The topological polar surface area (TPSA) is 27.7 Å². The SMILES string of the molecule is Cc1ccccc1Nc1cc2c(cc1-c1c3c(cc4ccccc14)N(c1ccccc1C)c1ccc(N(c4ccccc4)c4ccccc4)cc1B3)Oc1ccccc1S2. The van der Waals surface area contributed by atoms with E-state index in [2.05, 4.69) is 217 Å². The quantitative estimate of drug-likeness (QED) is 0.162. The third kappa shape index (κ3) is 6.28. The van der Waals surface area contributed by atoms with Crippen LogP contribution in [-0.4, -0.2) is 7.28 Å². The van der Waals surface area contributed by atoms with Gasteiger partial charge in [-0.25, -0.2) is 0 Å². The lowest BCUT2D eigenvalue weighted by Crippen LogP contribution is -2.41. The summed E-state index contributed by atoms with van der Waals surface area (Å²) in [7, 11) is 0.734. The molecule has 0 unspecified atom stereocenters. The first-order valence-corrected chi connectivity index (χ1v) is 21.3. The maximum absolute atomic E-state index is 6.75. The minimum atomic E-state index is 0.734. The molecule has 0 aliphatic carbocycles. The van der Waals surface area contributed by atoms with Gasteiger partial charge in [0.05, 0.1) is 9.79 Å². The Hall–Kier alpha value is -7.15. The van der Waals surface area contributed by atoms with Crippen LogP contribution in [0.3, 0.4) is 0 Å². The van der Waals surface area contributed by atoms with Crippen LogP contribution in [0.4, 0.5) is 45.5 Å². The number of rotatable bonds is 7. The number of nitrogens with one attached hydrogen (secondary N) is 1. The number of para-hydroxylation sites is 5. The minimum absolute atomic E-state index is 0.734. The summed E-state index contributed by atoms with van der Waals surface area (Å²) in [6, 6.07) is 69.7. The highest BCUT2D eigenvalue weighted by Crippen LogP contribution is 2.52. The number of hydrogen-bond donors (Lipinski definition) is 1. The molecule has 2 aliphatic rings. The molecule has 0 spiro atoms. The van der Waals surface area contributed by atoms with Crippen molar-refractivity contribution in [3.63, 3.8) is 0 Å². The minimum Gasteiger partial charge on any atom is -0.455 e. The molecule has 1 N–H and O–H groups in total. The monoisotopic (exact) mass is 789 g/mol. The predicted molar refractivity (Wildman–Crippen MR) is 255 cm³/mol. The van der Waals surface area contributed by atoms with Gasteiger partial charge in [0.1, 0.15) is 11.5 Å². The maximum Gasteiger partial charge on any atom is 0.198 e. The second-order valence-corrected chi connectivity index (χ2v) is 16.6. The summed E-state index contributed by atoms with van der Waals surface area (Å²) in [5, 5.41) is 6.31. The zero-order valence-corrected chi connectivity index (χ0v) is 34.2. The van der Waals surface area contributed by atoms with E-state index in [1.54, 1.807) is 11.8 Å². The van der Waals surface area contributed by atoms with Crippen LogP contribution in [0, 0.1) is 13.8 Å². The van der Waals surface area contributed by atoms with Gasteiger partial charge in [0.15, 0.2) is 7.28 Å². The van der Waals surface area contributed by atoms with Crippen LogP contribution in [0.15, 0.2) is 204 Å². The lowest BCUT2D eigenvalue weighted by atomic mass is 9.57. The van der Waals surface area contributed by atoms with Gasteiger partial charge in [-0.15, -0.1) is 0 Å². The van der Waals surface area contributed by atoms with Crippen molar-refractivity contribution >= 4 is 86.2 Å². The second-order valence-electron chi connectivity index (χ2n) is 15.5. The molecule has 0 fully saturated rings. The summed E-state index contributed by atoms with van der Waals surface area (Å²) in [5.74, 6) is 1.75. The Labute approximate surface area is 356 Å². The first-order chi connectivity index (χ1) is 29.6. The van der Waals surface area contributed by atoms with Crippen molar-refractivity contribution in [1.82, 2.24) is 0 Å². The molecule has 0 saturated heterocycles. The Kier molecular flexibility index (Phi) is 8.94. The lowest BCUT2D eigenvalue weighted by molar-refractivity contribution is 0.455. The fourth-order valence-electron chi connectivity index (χ4n) is 8.87. The summed E-state index contributed by atoms with van der Waals surface area (Å²) < 4.78 is 6.75. The van der Waals surface area contributed by atoms with Gasteiger partial charge in [-0.05, 0) is 132 Å². The summed E-state index contributed by atoms with van der Waals surface area (Å²) in [6.45, 7) is 4.38. The molecular formula is C54H40BN3OS. The summed E-state index contributed by atoms with van der Waals surface area (Å²) in [4.78, 5) is 7.05. The molecule has 0 radical (unpaired) electrons.